The van der Waals surface area contributed by atoms with E-state index in [1.165, 1.54) is 4.90 Å². The Morgan fingerprint density at radius 1 is 0.839 bits per heavy atom. The summed E-state index contributed by atoms with van der Waals surface area (Å²) in [7, 11) is 1.81. The van der Waals surface area contributed by atoms with Crippen molar-refractivity contribution in [2.45, 2.75) is 13.8 Å². The van der Waals surface area contributed by atoms with E-state index >= 15 is 0 Å². The van der Waals surface area contributed by atoms with Crippen molar-refractivity contribution in [1.82, 2.24) is 0 Å². The number of rotatable bonds is 6. The number of amides is 2. The van der Waals surface area contributed by atoms with Crippen LogP contribution in [0, 0.1) is 6.92 Å². The Morgan fingerprint density at radius 3 is 2.10 bits per heavy atom. The molecule has 4 rings (SSSR count). The summed E-state index contributed by atoms with van der Waals surface area (Å²) in [6.07, 6.45) is 0. The predicted molar refractivity (Wildman–Crippen MR) is 123 cm³/mol. The normalized spacial score (nSPS) is 13.7. The Bertz CT molecular complexity index is 1130. The maximum atomic E-state index is 13.6. The van der Waals surface area contributed by atoms with E-state index in [4.69, 9.17) is 4.74 Å². The van der Waals surface area contributed by atoms with Crippen LogP contribution in [0.5, 0.6) is 5.75 Å². The Balaban J connectivity index is 1.81. The minimum absolute atomic E-state index is 0.337. The molecule has 5 heteroatoms. The molecule has 3 aromatic rings. The minimum atomic E-state index is -0.351. The average molecular weight is 412 g/mol. The van der Waals surface area contributed by atoms with Crippen molar-refractivity contribution >= 4 is 28.8 Å². The number of carbonyl (C=O) groups is 2. The number of aryl methyl sites for hydroxylation is 1. The van der Waals surface area contributed by atoms with Gasteiger partial charge in [0.25, 0.3) is 11.8 Å². The SMILES string of the molecule is CCOc1ccc(N2C(=O)C(c3ccc(C)cc3)=C(N(C)c3ccccc3)C2=O)cc1. The van der Waals surface area contributed by atoms with Crippen molar-refractivity contribution in [3.05, 3.63) is 95.7 Å². The van der Waals surface area contributed by atoms with E-state index in [-0.39, 0.29) is 11.8 Å². The monoisotopic (exact) mass is 412 g/mol. The lowest BCUT2D eigenvalue weighted by Gasteiger charge is -2.21. The van der Waals surface area contributed by atoms with Gasteiger partial charge in [-0.2, -0.15) is 0 Å². The van der Waals surface area contributed by atoms with Crippen molar-refractivity contribution in [3.8, 4) is 5.75 Å². The van der Waals surface area contributed by atoms with Crippen LogP contribution in [0.3, 0.4) is 0 Å². The maximum absolute atomic E-state index is 13.6. The summed E-state index contributed by atoms with van der Waals surface area (Å²) in [5, 5.41) is 0. The van der Waals surface area contributed by atoms with Crippen LogP contribution in [0.1, 0.15) is 18.1 Å². The average Bonchev–Trinajstić information content (AvgIpc) is 3.05. The van der Waals surface area contributed by atoms with E-state index in [1.807, 2.05) is 75.5 Å². The van der Waals surface area contributed by atoms with Crippen LogP contribution in [0.15, 0.2) is 84.6 Å². The van der Waals surface area contributed by atoms with E-state index in [9.17, 15) is 9.59 Å². The van der Waals surface area contributed by atoms with Gasteiger partial charge in [-0.1, -0.05) is 48.0 Å². The van der Waals surface area contributed by atoms with Crippen molar-refractivity contribution in [3.63, 3.8) is 0 Å². The lowest BCUT2D eigenvalue weighted by molar-refractivity contribution is -0.120. The third-order valence-electron chi connectivity index (χ3n) is 5.28. The third-order valence-corrected chi connectivity index (χ3v) is 5.28. The molecule has 5 nitrogen and oxygen atoms in total. The van der Waals surface area contributed by atoms with E-state index in [0.29, 0.717) is 29.3 Å². The van der Waals surface area contributed by atoms with Crippen LogP contribution < -0.4 is 14.5 Å². The first-order chi connectivity index (χ1) is 15.0. The zero-order valence-corrected chi connectivity index (χ0v) is 17.8. The largest absolute Gasteiger partial charge is 0.494 e. The lowest BCUT2D eigenvalue weighted by Crippen LogP contribution is -2.34. The molecule has 1 heterocycles. The zero-order valence-electron chi connectivity index (χ0n) is 17.8. The van der Waals surface area contributed by atoms with Crippen molar-refractivity contribution in [1.29, 1.82) is 0 Å². The highest BCUT2D eigenvalue weighted by atomic mass is 16.5. The van der Waals surface area contributed by atoms with Gasteiger partial charge < -0.3 is 9.64 Å². The Hall–Kier alpha value is -3.86. The van der Waals surface area contributed by atoms with E-state index in [2.05, 4.69) is 0 Å². The van der Waals surface area contributed by atoms with Gasteiger partial charge in [0.15, 0.2) is 0 Å². The quantitative estimate of drug-likeness (QED) is 0.545. The first-order valence-corrected chi connectivity index (χ1v) is 10.2. The molecule has 3 aromatic carbocycles. The molecule has 0 saturated carbocycles. The Kier molecular flexibility index (Phi) is 5.58. The molecule has 0 N–H and O–H groups in total. The zero-order chi connectivity index (χ0) is 22.0. The summed E-state index contributed by atoms with van der Waals surface area (Å²) in [5.41, 5.74) is 3.90. The summed E-state index contributed by atoms with van der Waals surface area (Å²) in [6.45, 7) is 4.44. The summed E-state index contributed by atoms with van der Waals surface area (Å²) in [4.78, 5) is 30.1. The molecule has 1 aliphatic rings. The van der Waals surface area contributed by atoms with Crippen LogP contribution in [0.4, 0.5) is 11.4 Å². The number of imide groups is 1. The number of likely N-dealkylation sites (N-methyl/N-ethyl adjacent to an activating group) is 1. The highest BCUT2D eigenvalue weighted by Crippen LogP contribution is 2.36. The second-order valence-corrected chi connectivity index (χ2v) is 7.36. The molecule has 1 aliphatic heterocycles. The van der Waals surface area contributed by atoms with Gasteiger partial charge in [-0.3, -0.25) is 9.59 Å². The fraction of sp³-hybridized carbons (Fsp3) is 0.154. The molecule has 0 saturated heterocycles. The van der Waals surface area contributed by atoms with E-state index in [0.717, 1.165) is 16.8 Å². The topological polar surface area (TPSA) is 49.9 Å². The molecule has 0 bridgehead atoms. The van der Waals surface area contributed by atoms with Crippen LogP contribution >= 0.6 is 0 Å². The molecule has 0 fully saturated rings. The van der Waals surface area contributed by atoms with E-state index < -0.39 is 0 Å². The van der Waals surface area contributed by atoms with Gasteiger partial charge in [0.2, 0.25) is 0 Å². The molecular weight excluding hydrogens is 388 g/mol. The second-order valence-electron chi connectivity index (χ2n) is 7.36. The lowest BCUT2D eigenvalue weighted by atomic mass is 10.0. The van der Waals surface area contributed by atoms with Gasteiger partial charge in [-0.15, -0.1) is 0 Å². The number of hydrogen-bond donors (Lipinski definition) is 0. The van der Waals surface area contributed by atoms with Gasteiger partial charge in [0.1, 0.15) is 11.4 Å². The summed E-state index contributed by atoms with van der Waals surface area (Å²) in [5.74, 6) is 0.00516. The van der Waals surface area contributed by atoms with Gasteiger partial charge in [0.05, 0.1) is 17.9 Å². The first kappa shape index (κ1) is 20.4. The van der Waals surface area contributed by atoms with Gasteiger partial charge in [0, 0.05) is 12.7 Å². The second kappa shape index (κ2) is 8.48. The highest BCUT2D eigenvalue weighted by molar-refractivity contribution is 6.46. The maximum Gasteiger partial charge on any atom is 0.282 e. The summed E-state index contributed by atoms with van der Waals surface area (Å²) in [6, 6.07) is 24.2. The number of ether oxygens (including phenoxy) is 1. The molecule has 0 unspecified atom stereocenters. The molecule has 0 aliphatic carbocycles. The molecular formula is C26H24N2O3. The van der Waals surface area contributed by atoms with Crippen molar-refractivity contribution in [2.75, 3.05) is 23.5 Å². The van der Waals surface area contributed by atoms with Crippen LogP contribution in [0.25, 0.3) is 5.57 Å². The standard InChI is InChI=1S/C26H24N2O3/c1-4-31-22-16-14-21(15-17-22)28-25(29)23(19-12-10-18(2)11-13-19)24(26(28)30)27(3)20-8-6-5-7-9-20/h5-17H,4H2,1-3H3. The molecule has 0 radical (unpaired) electrons. The smallest absolute Gasteiger partial charge is 0.282 e. The number of nitrogens with zero attached hydrogens (tertiary/aromatic N) is 2. The van der Waals surface area contributed by atoms with Gasteiger partial charge in [-0.05, 0) is 55.8 Å². The molecule has 31 heavy (non-hydrogen) atoms. The molecule has 0 aromatic heterocycles. The Morgan fingerprint density at radius 2 is 1.48 bits per heavy atom. The Labute approximate surface area is 182 Å². The van der Waals surface area contributed by atoms with E-state index in [1.54, 1.807) is 29.2 Å². The number of hydrogen-bond acceptors (Lipinski definition) is 4. The van der Waals surface area contributed by atoms with Gasteiger partial charge >= 0.3 is 0 Å². The van der Waals surface area contributed by atoms with Crippen LogP contribution in [-0.4, -0.2) is 25.5 Å². The molecule has 156 valence electrons. The molecule has 0 atom stereocenters. The fourth-order valence-electron chi connectivity index (χ4n) is 3.68. The predicted octanol–water partition coefficient (Wildman–Crippen LogP) is 4.81. The van der Waals surface area contributed by atoms with Gasteiger partial charge in [-0.25, -0.2) is 4.90 Å². The third kappa shape index (κ3) is 3.82. The summed E-state index contributed by atoms with van der Waals surface area (Å²) >= 11 is 0. The number of carbonyl (C=O) groups excluding carboxylic acids is 2. The number of anilines is 2. The van der Waals surface area contributed by atoms with Crippen LogP contribution in [-0.2, 0) is 9.59 Å². The summed E-state index contributed by atoms with van der Waals surface area (Å²) < 4.78 is 5.49. The van der Waals surface area contributed by atoms with Crippen LogP contribution in [0.2, 0.25) is 0 Å². The fourth-order valence-corrected chi connectivity index (χ4v) is 3.68. The molecule has 2 amide bonds. The first-order valence-electron chi connectivity index (χ1n) is 10.2. The van der Waals surface area contributed by atoms with Crippen molar-refractivity contribution < 1.29 is 14.3 Å². The highest BCUT2D eigenvalue weighted by Gasteiger charge is 2.42. The van der Waals surface area contributed by atoms with Crippen molar-refractivity contribution in [2.24, 2.45) is 0 Å². The molecule has 0 spiro atoms. The minimum Gasteiger partial charge on any atom is -0.494 e. The number of para-hydroxylation sites is 1. The number of benzene rings is 3.